The van der Waals surface area contributed by atoms with Gasteiger partial charge in [-0.3, -0.25) is 4.79 Å². The summed E-state index contributed by atoms with van der Waals surface area (Å²) >= 11 is 0. The quantitative estimate of drug-likeness (QED) is 0.546. The molecule has 0 unspecified atom stereocenters. The zero-order chi connectivity index (χ0) is 23.2. The van der Waals surface area contributed by atoms with Gasteiger partial charge in [-0.25, -0.2) is 8.42 Å². The normalized spacial score (nSPS) is 11.6. The second-order valence-corrected chi connectivity index (χ2v) is 8.67. The van der Waals surface area contributed by atoms with Gasteiger partial charge in [-0.2, -0.15) is 13.1 Å². The van der Waals surface area contributed by atoms with Crippen LogP contribution in [-0.2, 0) is 16.6 Å². The lowest BCUT2D eigenvalue weighted by atomic mass is 10.2. The van der Waals surface area contributed by atoms with Gasteiger partial charge in [-0.1, -0.05) is 6.07 Å². The molecule has 2 aromatic rings. The van der Waals surface area contributed by atoms with Crippen LogP contribution in [0.3, 0.4) is 0 Å². The Kier molecular flexibility index (Phi) is 8.35. The number of ether oxygens (including phenoxy) is 2. The van der Waals surface area contributed by atoms with E-state index in [0.29, 0.717) is 24.2 Å². The zero-order valence-corrected chi connectivity index (χ0v) is 18.7. The number of benzene rings is 2. The number of halogens is 2. The monoisotopic (exact) mass is 456 g/mol. The first kappa shape index (κ1) is 24.5. The molecule has 7 nitrogen and oxygen atoms in total. The third kappa shape index (κ3) is 5.92. The Morgan fingerprint density at radius 1 is 1.03 bits per heavy atom. The molecule has 0 aliphatic rings. The van der Waals surface area contributed by atoms with Crippen molar-refractivity contribution in [1.29, 1.82) is 0 Å². The lowest BCUT2D eigenvalue weighted by molar-refractivity contribution is -0.0512. The van der Waals surface area contributed by atoms with Crippen molar-refractivity contribution >= 4 is 15.9 Å². The molecule has 2 rings (SSSR count). The first-order valence-corrected chi connectivity index (χ1v) is 11.0. The van der Waals surface area contributed by atoms with Crippen LogP contribution in [0.4, 0.5) is 8.78 Å². The zero-order valence-electron chi connectivity index (χ0n) is 17.8. The number of hydrogen-bond donors (Lipinski definition) is 0. The summed E-state index contributed by atoms with van der Waals surface area (Å²) in [5.41, 5.74) is 0.933. The van der Waals surface area contributed by atoms with Gasteiger partial charge in [0.15, 0.2) is 11.5 Å². The summed E-state index contributed by atoms with van der Waals surface area (Å²) in [4.78, 5) is 14.1. The first-order chi connectivity index (χ1) is 14.6. The van der Waals surface area contributed by atoms with E-state index in [1.807, 2.05) is 13.8 Å². The van der Waals surface area contributed by atoms with E-state index in [4.69, 9.17) is 4.74 Å². The van der Waals surface area contributed by atoms with Crippen LogP contribution in [0.5, 0.6) is 11.5 Å². The second-order valence-electron chi connectivity index (χ2n) is 6.63. The van der Waals surface area contributed by atoms with E-state index in [1.54, 1.807) is 4.90 Å². The van der Waals surface area contributed by atoms with Crippen LogP contribution in [-0.4, -0.2) is 57.4 Å². The lowest BCUT2D eigenvalue weighted by Crippen LogP contribution is -2.30. The fourth-order valence-corrected chi connectivity index (χ4v) is 4.15. The summed E-state index contributed by atoms with van der Waals surface area (Å²) in [7, 11) is -1.14. The third-order valence-corrected chi connectivity index (χ3v) is 6.53. The number of alkyl halides is 2. The molecule has 0 aliphatic carbocycles. The van der Waals surface area contributed by atoms with Crippen LogP contribution >= 0.6 is 0 Å². The Bertz CT molecular complexity index is 993. The molecule has 2 aromatic carbocycles. The van der Waals surface area contributed by atoms with Crippen molar-refractivity contribution < 1.29 is 31.5 Å². The summed E-state index contributed by atoms with van der Waals surface area (Å²) in [5.74, 6) is -0.233. The minimum atomic E-state index is -3.84. The molecular weight excluding hydrogens is 430 g/mol. The number of methoxy groups -OCH3 is 1. The highest BCUT2D eigenvalue weighted by Crippen LogP contribution is 2.30. The molecule has 0 N–H and O–H groups in total. The number of rotatable bonds is 10. The fraction of sp³-hybridized carbons (Fsp3) is 0.381. The number of amides is 1. The van der Waals surface area contributed by atoms with Gasteiger partial charge in [0.1, 0.15) is 0 Å². The fourth-order valence-electron chi connectivity index (χ4n) is 2.99. The highest BCUT2D eigenvalue weighted by molar-refractivity contribution is 7.89. The number of hydrogen-bond acceptors (Lipinski definition) is 5. The van der Waals surface area contributed by atoms with E-state index in [0.717, 1.165) is 4.31 Å². The standard InChI is InChI=1S/C21H26F2N2O5S/c1-5-25(6-2)20(26)16-8-10-17(11-9-16)31(27,28)24(3)14-15-7-12-18(30-21(22)23)19(13-15)29-4/h7-13,21H,5-6,14H2,1-4H3. The molecular formula is C21H26F2N2O5S. The average Bonchev–Trinajstić information content (AvgIpc) is 2.75. The molecule has 0 heterocycles. The molecule has 0 spiro atoms. The van der Waals surface area contributed by atoms with Gasteiger partial charge in [0.2, 0.25) is 10.0 Å². The van der Waals surface area contributed by atoms with E-state index in [9.17, 15) is 22.0 Å². The number of nitrogens with zero attached hydrogens (tertiary/aromatic N) is 2. The van der Waals surface area contributed by atoms with Crippen LogP contribution in [0, 0.1) is 0 Å². The van der Waals surface area contributed by atoms with Gasteiger partial charge in [0.25, 0.3) is 5.91 Å². The van der Waals surface area contributed by atoms with Crippen LogP contribution < -0.4 is 9.47 Å². The molecule has 0 saturated carbocycles. The summed E-state index contributed by atoms with van der Waals surface area (Å²) in [5, 5.41) is 0. The topological polar surface area (TPSA) is 76.2 Å². The smallest absolute Gasteiger partial charge is 0.387 e. The van der Waals surface area contributed by atoms with Gasteiger partial charge >= 0.3 is 6.61 Å². The average molecular weight is 457 g/mol. The Labute approximate surface area is 181 Å². The lowest BCUT2D eigenvalue weighted by Gasteiger charge is -2.20. The van der Waals surface area contributed by atoms with Crippen molar-refractivity contribution in [2.45, 2.75) is 31.9 Å². The van der Waals surface area contributed by atoms with Gasteiger partial charge in [-0.05, 0) is 55.8 Å². The number of carbonyl (C=O) groups excluding carboxylic acids is 1. The van der Waals surface area contributed by atoms with Crippen LogP contribution in [0.2, 0.25) is 0 Å². The maximum absolute atomic E-state index is 12.9. The summed E-state index contributed by atoms with van der Waals surface area (Å²) in [6.07, 6.45) is 0. The maximum Gasteiger partial charge on any atom is 0.387 e. The highest BCUT2D eigenvalue weighted by Gasteiger charge is 2.22. The van der Waals surface area contributed by atoms with Gasteiger partial charge in [0, 0.05) is 32.2 Å². The molecule has 1 amide bonds. The molecule has 170 valence electrons. The Morgan fingerprint density at radius 3 is 2.16 bits per heavy atom. The Balaban J connectivity index is 2.19. The van der Waals surface area contributed by atoms with Crippen molar-refractivity contribution in [1.82, 2.24) is 9.21 Å². The third-order valence-electron chi connectivity index (χ3n) is 4.71. The molecule has 0 radical (unpaired) electrons. The Hall–Kier alpha value is -2.72. The van der Waals surface area contributed by atoms with E-state index in [-0.39, 0.29) is 28.8 Å². The maximum atomic E-state index is 12.9. The number of carbonyl (C=O) groups is 1. The molecule has 0 atom stereocenters. The highest BCUT2D eigenvalue weighted by atomic mass is 32.2. The van der Waals surface area contributed by atoms with Crippen molar-refractivity contribution in [2.24, 2.45) is 0 Å². The summed E-state index contributed by atoms with van der Waals surface area (Å²) in [6, 6.07) is 9.98. The second kappa shape index (κ2) is 10.5. The van der Waals surface area contributed by atoms with Crippen LogP contribution in [0.15, 0.2) is 47.4 Å². The van der Waals surface area contributed by atoms with Crippen LogP contribution in [0.25, 0.3) is 0 Å². The number of sulfonamides is 1. The van der Waals surface area contributed by atoms with Gasteiger partial charge < -0.3 is 14.4 Å². The van der Waals surface area contributed by atoms with Crippen molar-refractivity contribution in [3.05, 3.63) is 53.6 Å². The minimum absolute atomic E-state index is 0.0201. The van der Waals surface area contributed by atoms with Crippen molar-refractivity contribution in [3.63, 3.8) is 0 Å². The van der Waals surface area contributed by atoms with E-state index >= 15 is 0 Å². The molecule has 0 saturated heterocycles. The molecule has 0 aliphatic heterocycles. The molecule has 0 bridgehead atoms. The van der Waals surface area contributed by atoms with Crippen molar-refractivity contribution in [2.75, 3.05) is 27.2 Å². The summed E-state index contributed by atoms with van der Waals surface area (Å²) < 4.78 is 61.3. The SMILES string of the molecule is CCN(CC)C(=O)c1ccc(S(=O)(=O)N(C)Cc2ccc(OC(F)F)c(OC)c2)cc1. The summed E-state index contributed by atoms with van der Waals surface area (Å²) in [6.45, 7) is 1.84. The largest absolute Gasteiger partial charge is 0.493 e. The molecule has 0 fully saturated rings. The predicted octanol–water partition coefficient (Wildman–Crippen LogP) is 3.60. The van der Waals surface area contributed by atoms with Gasteiger partial charge in [-0.15, -0.1) is 0 Å². The minimum Gasteiger partial charge on any atom is -0.493 e. The Morgan fingerprint density at radius 2 is 1.65 bits per heavy atom. The predicted molar refractivity (Wildman–Crippen MR) is 112 cm³/mol. The molecule has 31 heavy (non-hydrogen) atoms. The van der Waals surface area contributed by atoms with E-state index < -0.39 is 16.6 Å². The van der Waals surface area contributed by atoms with Crippen molar-refractivity contribution in [3.8, 4) is 11.5 Å². The van der Waals surface area contributed by atoms with Crippen LogP contribution in [0.1, 0.15) is 29.8 Å². The van der Waals surface area contributed by atoms with E-state index in [2.05, 4.69) is 4.74 Å². The first-order valence-electron chi connectivity index (χ1n) is 9.61. The van der Waals surface area contributed by atoms with Gasteiger partial charge in [0.05, 0.1) is 12.0 Å². The molecule has 10 heteroatoms. The van der Waals surface area contributed by atoms with E-state index in [1.165, 1.54) is 56.6 Å². The molecule has 0 aromatic heterocycles.